The number of ether oxygens (including phenoxy) is 2. The minimum absolute atomic E-state index is 0.0977. The molecule has 0 aliphatic rings. The van der Waals surface area contributed by atoms with E-state index in [1.165, 1.54) is 0 Å². The molecule has 0 amide bonds. The van der Waals surface area contributed by atoms with E-state index in [0.29, 0.717) is 19.6 Å². The zero-order valence-corrected chi connectivity index (χ0v) is 9.29. The van der Waals surface area contributed by atoms with Crippen LogP contribution in [0.15, 0.2) is 18.2 Å². The molecule has 0 saturated heterocycles. The molecule has 0 saturated carbocycles. The molecule has 3 nitrogen and oxygen atoms in total. The van der Waals surface area contributed by atoms with Crippen molar-refractivity contribution in [2.24, 2.45) is 0 Å². The Morgan fingerprint density at radius 1 is 1.07 bits per heavy atom. The highest BCUT2D eigenvalue weighted by Gasteiger charge is 2.05. The van der Waals surface area contributed by atoms with Gasteiger partial charge in [-0.3, -0.25) is 0 Å². The minimum atomic E-state index is -0.0977. The number of rotatable bonds is 6. The molecule has 15 heavy (non-hydrogen) atoms. The van der Waals surface area contributed by atoms with E-state index < -0.39 is 0 Å². The second kappa shape index (κ2) is 6.30. The van der Waals surface area contributed by atoms with E-state index in [1.807, 2.05) is 32.0 Å². The van der Waals surface area contributed by atoms with Crippen LogP contribution in [-0.4, -0.2) is 19.8 Å². The van der Waals surface area contributed by atoms with Gasteiger partial charge in [-0.2, -0.15) is 0 Å². The molecule has 1 radical (unpaired) electrons. The van der Waals surface area contributed by atoms with E-state index in [4.69, 9.17) is 9.47 Å². The zero-order valence-electron chi connectivity index (χ0n) is 9.29. The van der Waals surface area contributed by atoms with Crippen molar-refractivity contribution in [2.45, 2.75) is 20.3 Å². The van der Waals surface area contributed by atoms with Gasteiger partial charge < -0.3 is 9.47 Å². The van der Waals surface area contributed by atoms with Gasteiger partial charge >= 0.3 is 0 Å². The SMILES string of the molecule is CCOc1ccc(CC[O])cc1OCC. The first kappa shape index (κ1) is 11.9. The lowest BCUT2D eigenvalue weighted by Gasteiger charge is -2.11. The summed E-state index contributed by atoms with van der Waals surface area (Å²) in [6.45, 7) is 4.97. The standard InChI is InChI=1S/C12H17O3/c1-3-14-11-6-5-10(7-8-13)9-12(11)15-4-2/h5-6,9H,3-4,7-8H2,1-2H3. The molecular weight excluding hydrogens is 192 g/mol. The molecule has 0 aromatic heterocycles. The van der Waals surface area contributed by atoms with Crippen LogP contribution in [0.5, 0.6) is 11.5 Å². The van der Waals surface area contributed by atoms with Crippen molar-refractivity contribution >= 4 is 0 Å². The molecule has 0 aliphatic heterocycles. The lowest BCUT2D eigenvalue weighted by Crippen LogP contribution is -1.99. The average molecular weight is 209 g/mol. The van der Waals surface area contributed by atoms with Gasteiger partial charge in [-0.15, -0.1) is 0 Å². The van der Waals surface area contributed by atoms with Gasteiger partial charge in [0.25, 0.3) is 0 Å². The first-order valence-corrected chi connectivity index (χ1v) is 5.28. The fraction of sp³-hybridized carbons (Fsp3) is 0.500. The summed E-state index contributed by atoms with van der Waals surface area (Å²) in [5.74, 6) is 1.47. The first-order chi connectivity index (χ1) is 7.31. The van der Waals surface area contributed by atoms with Gasteiger partial charge in [-0.25, -0.2) is 5.11 Å². The van der Waals surface area contributed by atoms with Crippen molar-refractivity contribution < 1.29 is 14.6 Å². The first-order valence-electron chi connectivity index (χ1n) is 5.28. The van der Waals surface area contributed by atoms with Gasteiger partial charge in [0.1, 0.15) is 0 Å². The van der Waals surface area contributed by atoms with Crippen molar-refractivity contribution in [2.75, 3.05) is 19.8 Å². The Labute approximate surface area is 90.6 Å². The molecule has 0 aliphatic carbocycles. The molecule has 83 valence electrons. The molecule has 0 unspecified atom stereocenters. The Bertz CT molecular complexity index is 297. The lowest BCUT2D eigenvalue weighted by molar-refractivity contribution is 0.197. The van der Waals surface area contributed by atoms with Crippen LogP contribution in [0.4, 0.5) is 0 Å². The highest BCUT2D eigenvalue weighted by atomic mass is 16.5. The molecule has 3 heteroatoms. The average Bonchev–Trinajstić information content (AvgIpc) is 2.23. The fourth-order valence-corrected chi connectivity index (χ4v) is 1.37. The van der Waals surface area contributed by atoms with E-state index in [-0.39, 0.29) is 6.61 Å². The van der Waals surface area contributed by atoms with Crippen molar-refractivity contribution in [3.8, 4) is 11.5 Å². The molecule has 0 N–H and O–H groups in total. The second-order valence-corrected chi connectivity index (χ2v) is 3.10. The van der Waals surface area contributed by atoms with Crippen LogP contribution in [0, 0.1) is 0 Å². The molecule has 1 rings (SSSR count). The smallest absolute Gasteiger partial charge is 0.161 e. The van der Waals surface area contributed by atoms with E-state index in [9.17, 15) is 5.11 Å². The third-order valence-electron chi connectivity index (χ3n) is 2.00. The van der Waals surface area contributed by atoms with Crippen LogP contribution in [-0.2, 0) is 11.5 Å². The highest BCUT2D eigenvalue weighted by Crippen LogP contribution is 2.28. The van der Waals surface area contributed by atoms with Gasteiger partial charge in [0, 0.05) is 0 Å². The van der Waals surface area contributed by atoms with Crippen LogP contribution < -0.4 is 9.47 Å². The Balaban J connectivity index is 2.87. The summed E-state index contributed by atoms with van der Waals surface area (Å²) in [6.07, 6.45) is 0.534. The largest absolute Gasteiger partial charge is 0.490 e. The van der Waals surface area contributed by atoms with Crippen LogP contribution in [0.25, 0.3) is 0 Å². The number of benzene rings is 1. The molecular formula is C12H17O3. The topological polar surface area (TPSA) is 38.4 Å². The predicted octanol–water partition coefficient (Wildman–Crippen LogP) is 2.46. The Hall–Kier alpha value is -1.22. The minimum Gasteiger partial charge on any atom is -0.490 e. The summed E-state index contributed by atoms with van der Waals surface area (Å²) in [6, 6.07) is 5.65. The Morgan fingerprint density at radius 3 is 2.33 bits per heavy atom. The third kappa shape index (κ3) is 3.44. The molecule has 0 bridgehead atoms. The highest BCUT2D eigenvalue weighted by molar-refractivity contribution is 5.43. The van der Waals surface area contributed by atoms with Crippen molar-refractivity contribution in [3.63, 3.8) is 0 Å². The van der Waals surface area contributed by atoms with Gasteiger partial charge in [0.2, 0.25) is 0 Å². The maximum absolute atomic E-state index is 10.5. The molecule has 1 aromatic rings. The molecule has 0 atom stereocenters. The van der Waals surface area contributed by atoms with Gasteiger partial charge in [0.05, 0.1) is 19.8 Å². The van der Waals surface area contributed by atoms with E-state index in [0.717, 1.165) is 17.1 Å². The maximum atomic E-state index is 10.5. The summed E-state index contributed by atoms with van der Waals surface area (Å²) in [4.78, 5) is 0. The van der Waals surface area contributed by atoms with Gasteiger partial charge in [-0.1, -0.05) is 6.07 Å². The Morgan fingerprint density at radius 2 is 1.73 bits per heavy atom. The van der Waals surface area contributed by atoms with Crippen LogP contribution >= 0.6 is 0 Å². The third-order valence-corrected chi connectivity index (χ3v) is 2.00. The molecule has 0 spiro atoms. The molecule has 1 aromatic carbocycles. The maximum Gasteiger partial charge on any atom is 0.161 e. The summed E-state index contributed by atoms with van der Waals surface area (Å²) in [7, 11) is 0. The zero-order chi connectivity index (χ0) is 11.1. The summed E-state index contributed by atoms with van der Waals surface area (Å²) in [5.41, 5.74) is 0.997. The molecule has 0 fully saturated rings. The van der Waals surface area contributed by atoms with Crippen molar-refractivity contribution in [1.29, 1.82) is 0 Å². The van der Waals surface area contributed by atoms with Crippen LogP contribution in [0.2, 0.25) is 0 Å². The Kier molecular flexibility index (Phi) is 4.98. The summed E-state index contributed by atoms with van der Waals surface area (Å²) in [5, 5.41) is 10.5. The van der Waals surface area contributed by atoms with Crippen molar-refractivity contribution in [1.82, 2.24) is 0 Å². The van der Waals surface area contributed by atoms with E-state index >= 15 is 0 Å². The van der Waals surface area contributed by atoms with Gasteiger partial charge in [0.15, 0.2) is 11.5 Å². The number of hydrogen-bond acceptors (Lipinski definition) is 2. The molecule has 0 heterocycles. The van der Waals surface area contributed by atoms with Crippen molar-refractivity contribution in [3.05, 3.63) is 23.8 Å². The number of hydrogen-bond donors (Lipinski definition) is 0. The summed E-state index contributed by atoms with van der Waals surface area (Å²) < 4.78 is 10.9. The fourth-order valence-electron chi connectivity index (χ4n) is 1.37. The van der Waals surface area contributed by atoms with Gasteiger partial charge in [-0.05, 0) is 38.0 Å². The van der Waals surface area contributed by atoms with Crippen LogP contribution in [0.1, 0.15) is 19.4 Å². The quantitative estimate of drug-likeness (QED) is 0.721. The van der Waals surface area contributed by atoms with E-state index in [2.05, 4.69) is 0 Å². The predicted molar refractivity (Wildman–Crippen MR) is 58.0 cm³/mol. The summed E-state index contributed by atoms with van der Waals surface area (Å²) >= 11 is 0. The van der Waals surface area contributed by atoms with E-state index in [1.54, 1.807) is 0 Å². The lowest BCUT2D eigenvalue weighted by atomic mass is 10.1. The van der Waals surface area contributed by atoms with Crippen LogP contribution in [0.3, 0.4) is 0 Å². The monoisotopic (exact) mass is 209 g/mol. The second-order valence-electron chi connectivity index (χ2n) is 3.10. The normalized spacial score (nSPS) is 10.1.